The maximum Gasteiger partial charge on any atom is 0.0713 e. The van der Waals surface area contributed by atoms with Gasteiger partial charge >= 0.3 is 0 Å². The van der Waals surface area contributed by atoms with Gasteiger partial charge in [0.2, 0.25) is 0 Å². The average Bonchev–Trinajstić information content (AvgIpc) is 4.15. The van der Waals surface area contributed by atoms with Gasteiger partial charge in [0.15, 0.2) is 0 Å². The van der Waals surface area contributed by atoms with Crippen LogP contribution >= 0.6 is 0 Å². The fourth-order valence-electron chi connectivity index (χ4n) is 13.1. The van der Waals surface area contributed by atoms with Crippen LogP contribution in [0.5, 0.6) is 0 Å². The van der Waals surface area contributed by atoms with Gasteiger partial charge in [-0.25, -0.2) is 0 Å². The Hall–Kier alpha value is -7.22. The fourth-order valence-corrected chi connectivity index (χ4v) is 13.1. The fraction of sp³-hybridized carbons (Fsp3) is 0.143. The molecule has 2 saturated carbocycles. The molecule has 2 bridgehead atoms. The van der Waals surface area contributed by atoms with Crippen LogP contribution in [-0.2, 0) is 10.8 Å². The Kier molecular flexibility index (Phi) is 8.57. The third-order valence-corrected chi connectivity index (χ3v) is 15.7. The molecule has 2 fully saturated rings. The summed E-state index contributed by atoms with van der Waals surface area (Å²) in [6.45, 7) is 0. The first-order chi connectivity index (χ1) is 31.7. The second-order valence-electron chi connectivity index (χ2n) is 18.7. The van der Waals surface area contributed by atoms with E-state index in [4.69, 9.17) is 0 Å². The number of benzene rings is 9. The Morgan fingerprint density at radius 2 is 0.719 bits per heavy atom. The first-order valence-electron chi connectivity index (χ1n) is 23.3. The Morgan fingerprint density at radius 3 is 1.12 bits per heavy atom. The molecule has 1 nitrogen and oxygen atoms in total. The molecule has 3 unspecified atom stereocenters. The molecule has 9 aromatic carbocycles. The summed E-state index contributed by atoms with van der Waals surface area (Å²) in [6.07, 6.45) is 5.56. The zero-order valence-electron chi connectivity index (χ0n) is 35.9. The lowest BCUT2D eigenvalue weighted by atomic mass is 9.67. The lowest BCUT2D eigenvalue weighted by Crippen LogP contribution is -2.28. The number of rotatable bonds is 8. The van der Waals surface area contributed by atoms with Crippen molar-refractivity contribution in [1.82, 2.24) is 0 Å². The minimum absolute atomic E-state index is 0.449. The van der Waals surface area contributed by atoms with Gasteiger partial charge in [-0.05, 0) is 146 Å². The van der Waals surface area contributed by atoms with Crippen molar-refractivity contribution >= 4 is 17.1 Å². The highest BCUT2D eigenvalue weighted by Gasteiger charge is 2.48. The molecule has 64 heavy (non-hydrogen) atoms. The Labute approximate surface area is 377 Å². The van der Waals surface area contributed by atoms with Gasteiger partial charge in [0, 0.05) is 17.1 Å². The summed E-state index contributed by atoms with van der Waals surface area (Å²) < 4.78 is 0. The number of nitrogens with zero attached hydrogens (tertiary/aromatic N) is 1. The number of anilines is 3. The highest BCUT2D eigenvalue weighted by molar-refractivity contribution is 5.93. The van der Waals surface area contributed by atoms with Gasteiger partial charge in [-0.15, -0.1) is 0 Å². The van der Waals surface area contributed by atoms with Crippen molar-refractivity contribution in [2.75, 3.05) is 4.90 Å². The molecule has 3 atom stereocenters. The van der Waals surface area contributed by atoms with E-state index in [1.54, 1.807) is 0 Å². The summed E-state index contributed by atoms with van der Waals surface area (Å²) in [7, 11) is 0. The molecular weight excluding hydrogens is 771 g/mol. The monoisotopic (exact) mass is 819 g/mol. The van der Waals surface area contributed by atoms with Crippen LogP contribution < -0.4 is 4.90 Å². The van der Waals surface area contributed by atoms with E-state index in [1.807, 2.05) is 0 Å². The van der Waals surface area contributed by atoms with E-state index < -0.39 is 10.8 Å². The van der Waals surface area contributed by atoms with Crippen LogP contribution in [-0.4, -0.2) is 0 Å². The average molecular weight is 820 g/mol. The number of fused-ring (bicyclic) bond motifs is 8. The summed E-state index contributed by atoms with van der Waals surface area (Å²) in [5, 5.41) is 0. The van der Waals surface area contributed by atoms with E-state index in [0.717, 1.165) is 23.2 Å². The predicted molar refractivity (Wildman–Crippen MR) is 264 cm³/mol. The summed E-state index contributed by atoms with van der Waals surface area (Å²) in [5.74, 6) is 2.43. The van der Waals surface area contributed by atoms with Gasteiger partial charge < -0.3 is 4.90 Å². The van der Waals surface area contributed by atoms with Gasteiger partial charge in [-0.1, -0.05) is 201 Å². The molecule has 0 amide bonds. The largest absolute Gasteiger partial charge is 0.310 e. The lowest BCUT2D eigenvalue weighted by molar-refractivity contribution is 0.420. The van der Waals surface area contributed by atoms with E-state index in [0.29, 0.717) is 5.92 Å². The molecule has 306 valence electrons. The van der Waals surface area contributed by atoms with Crippen LogP contribution in [0.3, 0.4) is 0 Å². The number of hydrogen-bond donors (Lipinski definition) is 0. The molecule has 13 rings (SSSR count). The van der Waals surface area contributed by atoms with Gasteiger partial charge in [0.25, 0.3) is 0 Å². The topological polar surface area (TPSA) is 3.24 Å². The van der Waals surface area contributed by atoms with Crippen LogP contribution in [0.4, 0.5) is 17.1 Å². The van der Waals surface area contributed by atoms with Crippen molar-refractivity contribution < 1.29 is 0 Å². The standard InChI is InChI=1S/C63H49N/c1-5-17-46(18-6-1)62(47-19-7-2-8-20-47)58-27-15-13-25-53(58)56-41-51(35-37-60(56)62)64(50-33-31-44(32-34-50)55-40-43-29-30-45(55)39-43)52-36-38-61-57(42-52)54-26-14-16-28-59(54)63(61,48-21-9-3-10-22-48)49-23-11-4-12-24-49/h1-28,31-38,41-43,45,55H,29-30,39-40H2. The zero-order chi connectivity index (χ0) is 42.2. The molecule has 9 aromatic rings. The molecule has 0 N–H and O–H groups in total. The van der Waals surface area contributed by atoms with Gasteiger partial charge in [-0.3, -0.25) is 0 Å². The van der Waals surface area contributed by atoms with Crippen LogP contribution in [0.1, 0.15) is 81.7 Å². The summed E-state index contributed by atoms with van der Waals surface area (Å²) in [4.78, 5) is 2.52. The maximum absolute atomic E-state index is 2.52. The third-order valence-electron chi connectivity index (χ3n) is 15.7. The van der Waals surface area contributed by atoms with Crippen molar-refractivity contribution in [3.05, 3.63) is 281 Å². The highest BCUT2D eigenvalue weighted by Crippen LogP contribution is 2.60. The smallest absolute Gasteiger partial charge is 0.0713 e. The van der Waals surface area contributed by atoms with Crippen LogP contribution in [0.2, 0.25) is 0 Å². The van der Waals surface area contributed by atoms with E-state index in [-0.39, 0.29) is 0 Å². The first kappa shape index (κ1) is 37.3. The van der Waals surface area contributed by atoms with Crippen molar-refractivity contribution in [1.29, 1.82) is 0 Å². The number of hydrogen-bond acceptors (Lipinski definition) is 1. The Balaban J connectivity index is 1.03. The van der Waals surface area contributed by atoms with E-state index >= 15 is 0 Å². The molecule has 4 aliphatic rings. The maximum atomic E-state index is 2.52. The molecular formula is C63H49N. The Bertz CT molecular complexity index is 2910. The van der Waals surface area contributed by atoms with E-state index in [2.05, 4.69) is 235 Å². The van der Waals surface area contributed by atoms with Crippen LogP contribution in [0, 0.1) is 11.8 Å². The molecule has 0 aromatic heterocycles. The summed E-state index contributed by atoms with van der Waals surface area (Å²) in [5.41, 5.74) is 19.7. The zero-order valence-corrected chi connectivity index (χ0v) is 35.9. The summed E-state index contributed by atoms with van der Waals surface area (Å²) >= 11 is 0. The van der Waals surface area contributed by atoms with Gasteiger partial charge in [0.05, 0.1) is 10.8 Å². The SMILES string of the molecule is c1ccc(C2(c3ccccc3)c3ccccc3-c3cc(N(c4ccc(C5CC6CCC5C6)cc4)c4ccc5c(c4)-c4ccccc4C5(c4ccccc4)c4ccccc4)ccc32)cc1. The molecule has 1 heteroatoms. The van der Waals surface area contributed by atoms with Crippen molar-refractivity contribution in [3.63, 3.8) is 0 Å². The van der Waals surface area contributed by atoms with Gasteiger partial charge in [0.1, 0.15) is 0 Å². The lowest BCUT2D eigenvalue weighted by Gasteiger charge is -2.34. The third kappa shape index (κ3) is 5.37. The molecule has 0 radical (unpaired) electrons. The minimum Gasteiger partial charge on any atom is -0.310 e. The van der Waals surface area contributed by atoms with Crippen LogP contribution in [0.25, 0.3) is 22.3 Å². The second kappa shape index (κ2) is 14.7. The normalized spacial score (nSPS) is 19.1. The van der Waals surface area contributed by atoms with Crippen molar-refractivity contribution in [2.24, 2.45) is 11.8 Å². The molecule has 0 spiro atoms. The molecule has 4 aliphatic carbocycles. The summed E-state index contributed by atoms with van der Waals surface area (Å²) in [6, 6.07) is 87.0. The molecule has 0 saturated heterocycles. The minimum atomic E-state index is -0.449. The predicted octanol–water partition coefficient (Wildman–Crippen LogP) is 15.8. The Morgan fingerprint density at radius 1 is 0.328 bits per heavy atom. The first-order valence-corrected chi connectivity index (χ1v) is 23.3. The van der Waals surface area contributed by atoms with Crippen LogP contribution in [0.15, 0.2) is 231 Å². The molecule has 0 heterocycles. The highest BCUT2D eigenvalue weighted by atomic mass is 15.1. The van der Waals surface area contributed by atoms with E-state index in [1.165, 1.54) is 104 Å². The quantitative estimate of drug-likeness (QED) is 0.148. The van der Waals surface area contributed by atoms with Crippen molar-refractivity contribution in [2.45, 2.75) is 42.4 Å². The molecule has 0 aliphatic heterocycles. The van der Waals surface area contributed by atoms with Crippen molar-refractivity contribution in [3.8, 4) is 22.3 Å². The van der Waals surface area contributed by atoms with Gasteiger partial charge in [-0.2, -0.15) is 0 Å². The second-order valence-corrected chi connectivity index (χ2v) is 18.7. The van der Waals surface area contributed by atoms with E-state index in [9.17, 15) is 0 Å².